The van der Waals surface area contributed by atoms with Crippen LogP contribution in [0, 0.1) is 0 Å². The maximum absolute atomic E-state index is 14.2. The molecule has 3 aliphatic heterocycles. The van der Waals surface area contributed by atoms with Crippen molar-refractivity contribution in [2.24, 2.45) is 0 Å². The van der Waals surface area contributed by atoms with Gasteiger partial charge in [-0.1, -0.05) is 11.6 Å². The first-order valence-electron chi connectivity index (χ1n) is 15.7. The van der Waals surface area contributed by atoms with Crippen molar-refractivity contribution in [3.05, 3.63) is 17.4 Å². The molecule has 2 aromatic rings. The van der Waals surface area contributed by atoms with Gasteiger partial charge in [0.05, 0.1) is 17.6 Å². The van der Waals surface area contributed by atoms with Crippen LogP contribution in [0.15, 0.2) is 10.6 Å². The predicted molar refractivity (Wildman–Crippen MR) is 155 cm³/mol. The SMILES string of the molecule is C[C@H](Oc1cc(N2CCN(C)C3(CCOC3)C2)nc(-c2noc3c2CCC[C@@]32CCCCC2=O)n1)[C@@H]1C[C@@H](F)CN1C. The number of hydrogen-bond acceptors (Lipinski definition) is 10. The number of nitrogens with zero attached hydrogens (tertiary/aromatic N) is 6. The molecule has 5 aliphatic rings. The van der Waals surface area contributed by atoms with Crippen LogP contribution >= 0.6 is 0 Å². The number of alkyl halides is 1. The third kappa shape index (κ3) is 4.72. The number of aromatic nitrogens is 3. The summed E-state index contributed by atoms with van der Waals surface area (Å²) in [4.78, 5) is 29.9. The summed E-state index contributed by atoms with van der Waals surface area (Å²) in [6.45, 7) is 6.35. The Labute approximate surface area is 246 Å². The minimum absolute atomic E-state index is 0.0404. The molecule has 228 valence electrons. The van der Waals surface area contributed by atoms with Gasteiger partial charge in [0.2, 0.25) is 5.88 Å². The zero-order valence-electron chi connectivity index (χ0n) is 25.1. The standard InChI is InChI=1S/C31H43FN6O4/c1-20(23-15-21(32)17-36(23)2)41-26-16-25(38-13-12-37(3)30(18-38)11-14-40-19-30)33-29(34-26)27-22-7-6-10-31(28(22)42-35-27)9-5-4-8-24(31)39/h16,20-21,23H,4-15,17-19H2,1-3H3/t20-,21+,23-,30?,31+/m0/s1. The second-order valence-corrected chi connectivity index (χ2v) is 13.3. The van der Waals surface area contributed by atoms with Gasteiger partial charge in [0.15, 0.2) is 17.3 Å². The van der Waals surface area contributed by atoms with Crippen LogP contribution in [-0.4, -0.2) is 108 Å². The number of likely N-dealkylation sites (N-methyl/N-ethyl adjacent to an activating group) is 2. The third-order valence-corrected chi connectivity index (χ3v) is 10.7. The third-order valence-electron chi connectivity index (χ3n) is 10.7. The average molecular weight is 583 g/mol. The number of halogens is 1. The van der Waals surface area contributed by atoms with Gasteiger partial charge in [-0.25, -0.2) is 9.37 Å². The molecule has 0 bridgehead atoms. The number of fused-ring (bicyclic) bond motifs is 2. The number of carbonyl (C=O) groups excluding carboxylic acids is 1. The molecule has 7 rings (SSSR count). The highest BCUT2D eigenvalue weighted by Gasteiger charge is 2.49. The van der Waals surface area contributed by atoms with E-state index >= 15 is 0 Å². The van der Waals surface area contributed by atoms with E-state index in [1.807, 2.05) is 24.9 Å². The largest absolute Gasteiger partial charge is 0.473 e. The normalized spacial score (nSPS) is 33.0. The Morgan fingerprint density at radius 3 is 2.74 bits per heavy atom. The first-order valence-corrected chi connectivity index (χ1v) is 15.7. The van der Waals surface area contributed by atoms with Crippen molar-refractivity contribution in [3.8, 4) is 17.4 Å². The molecule has 0 aromatic carbocycles. The zero-order valence-corrected chi connectivity index (χ0v) is 25.1. The lowest BCUT2D eigenvalue weighted by molar-refractivity contribution is -0.128. The Balaban J connectivity index is 1.26. The molecule has 1 unspecified atom stereocenters. The zero-order chi connectivity index (χ0) is 29.1. The number of likely N-dealkylation sites (tertiary alicyclic amines) is 1. The lowest BCUT2D eigenvalue weighted by atomic mass is 9.64. The van der Waals surface area contributed by atoms with Crippen LogP contribution in [0.2, 0.25) is 0 Å². The van der Waals surface area contributed by atoms with Crippen LogP contribution in [0.5, 0.6) is 5.88 Å². The fourth-order valence-electron chi connectivity index (χ4n) is 8.17. The lowest BCUT2D eigenvalue weighted by Crippen LogP contribution is -2.61. The summed E-state index contributed by atoms with van der Waals surface area (Å²) < 4.78 is 32.5. The highest BCUT2D eigenvalue weighted by atomic mass is 19.1. The Morgan fingerprint density at radius 2 is 1.98 bits per heavy atom. The van der Waals surface area contributed by atoms with E-state index in [-0.39, 0.29) is 23.5 Å². The quantitative estimate of drug-likeness (QED) is 0.521. The van der Waals surface area contributed by atoms with Crippen molar-refractivity contribution in [1.82, 2.24) is 24.9 Å². The van der Waals surface area contributed by atoms with Gasteiger partial charge in [0.1, 0.15) is 23.9 Å². The minimum atomic E-state index is -0.853. The van der Waals surface area contributed by atoms with Crippen molar-refractivity contribution in [2.45, 2.75) is 94.0 Å². The van der Waals surface area contributed by atoms with Crippen molar-refractivity contribution in [3.63, 3.8) is 0 Å². The first kappa shape index (κ1) is 28.2. The van der Waals surface area contributed by atoms with Gasteiger partial charge in [0.25, 0.3) is 0 Å². The molecule has 42 heavy (non-hydrogen) atoms. The summed E-state index contributed by atoms with van der Waals surface area (Å²) in [5.41, 5.74) is 0.950. The van der Waals surface area contributed by atoms with Crippen molar-refractivity contribution >= 4 is 11.6 Å². The molecule has 0 radical (unpaired) electrons. The molecule has 3 saturated heterocycles. The van der Waals surface area contributed by atoms with Gasteiger partial charge < -0.3 is 18.9 Å². The van der Waals surface area contributed by atoms with E-state index in [4.69, 9.17) is 24.0 Å². The van der Waals surface area contributed by atoms with Crippen molar-refractivity contribution < 1.29 is 23.2 Å². The highest BCUT2D eigenvalue weighted by Crippen LogP contribution is 2.47. The summed E-state index contributed by atoms with van der Waals surface area (Å²) in [6, 6.07) is 1.87. The maximum atomic E-state index is 14.2. The summed E-state index contributed by atoms with van der Waals surface area (Å²) in [5, 5.41) is 4.53. The molecular formula is C31H43FN6O4. The van der Waals surface area contributed by atoms with E-state index in [0.29, 0.717) is 43.4 Å². The first-order chi connectivity index (χ1) is 20.3. The van der Waals surface area contributed by atoms with Crippen molar-refractivity contribution in [1.29, 1.82) is 0 Å². The molecule has 5 atom stereocenters. The Morgan fingerprint density at radius 1 is 1.12 bits per heavy atom. The van der Waals surface area contributed by atoms with Gasteiger partial charge in [-0.3, -0.25) is 14.6 Å². The van der Waals surface area contributed by atoms with E-state index < -0.39 is 11.6 Å². The summed E-state index contributed by atoms with van der Waals surface area (Å²) >= 11 is 0. The van der Waals surface area contributed by atoms with E-state index in [1.165, 1.54) is 0 Å². The summed E-state index contributed by atoms with van der Waals surface area (Å²) in [7, 11) is 4.12. The minimum Gasteiger partial charge on any atom is -0.473 e. The van der Waals surface area contributed by atoms with Gasteiger partial charge >= 0.3 is 0 Å². The maximum Gasteiger partial charge on any atom is 0.219 e. The fraction of sp³-hybridized carbons (Fsp3) is 0.742. The number of hydrogen-bond donors (Lipinski definition) is 0. The number of anilines is 1. The Bertz CT molecular complexity index is 1330. The fourth-order valence-corrected chi connectivity index (χ4v) is 8.17. The second kappa shape index (κ2) is 10.8. The highest BCUT2D eigenvalue weighted by molar-refractivity contribution is 5.91. The molecule has 0 amide bonds. The number of piperazine rings is 1. The van der Waals surface area contributed by atoms with Gasteiger partial charge in [-0.15, -0.1) is 0 Å². The molecule has 5 heterocycles. The predicted octanol–water partition coefficient (Wildman–Crippen LogP) is 3.57. The molecule has 2 aromatic heterocycles. The molecule has 0 N–H and O–H groups in total. The second-order valence-electron chi connectivity index (χ2n) is 13.3. The summed E-state index contributed by atoms with van der Waals surface area (Å²) in [6.07, 6.45) is 6.19. The average Bonchev–Trinajstić information content (AvgIpc) is 3.71. The lowest BCUT2D eigenvalue weighted by Gasteiger charge is -2.47. The molecule has 2 spiro atoms. The monoisotopic (exact) mass is 582 g/mol. The van der Waals surface area contributed by atoms with Crippen LogP contribution in [0.25, 0.3) is 11.5 Å². The van der Waals surface area contributed by atoms with E-state index in [0.717, 1.165) is 88.3 Å². The molecule has 10 nitrogen and oxygen atoms in total. The van der Waals surface area contributed by atoms with Gasteiger partial charge in [-0.05, 0) is 66.0 Å². The van der Waals surface area contributed by atoms with Gasteiger partial charge in [-0.2, -0.15) is 4.98 Å². The van der Waals surface area contributed by atoms with Crippen LogP contribution < -0.4 is 9.64 Å². The molecule has 1 saturated carbocycles. The van der Waals surface area contributed by atoms with Gasteiger partial charge in [0, 0.05) is 56.9 Å². The topological polar surface area (TPSA) is 97.1 Å². The Kier molecular flexibility index (Phi) is 7.25. The molecular weight excluding hydrogens is 539 g/mol. The smallest absolute Gasteiger partial charge is 0.219 e. The number of carbonyl (C=O) groups is 1. The number of rotatable bonds is 5. The van der Waals surface area contributed by atoms with Crippen LogP contribution in [0.1, 0.15) is 69.6 Å². The van der Waals surface area contributed by atoms with Crippen LogP contribution in [0.4, 0.5) is 10.2 Å². The van der Waals surface area contributed by atoms with E-state index in [1.54, 1.807) is 0 Å². The summed E-state index contributed by atoms with van der Waals surface area (Å²) in [5.74, 6) is 2.68. The van der Waals surface area contributed by atoms with Crippen molar-refractivity contribution in [2.75, 3.05) is 58.4 Å². The van der Waals surface area contributed by atoms with E-state index in [9.17, 15) is 9.18 Å². The van der Waals surface area contributed by atoms with Crippen LogP contribution in [-0.2, 0) is 21.4 Å². The number of Topliss-reactive ketones (excluding diaryl/α,β-unsaturated/α-hetero) is 1. The van der Waals surface area contributed by atoms with E-state index in [2.05, 4.69) is 22.0 Å². The number of ketones is 1. The number of ether oxygens (including phenoxy) is 2. The molecule has 4 fully saturated rings. The molecule has 11 heteroatoms. The molecule has 2 aliphatic carbocycles. The van der Waals surface area contributed by atoms with Crippen LogP contribution in [0.3, 0.4) is 0 Å². The Hall–Kier alpha value is -2.63.